The standard InChI is InChI=1S/C7H10O4/c1-4(7(9)10)5(2)11-6(3)8/h1-3H3,(H,9,10)/b5-4-. The van der Waals surface area contributed by atoms with Gasteiger partial charge in [-0.1, -0.05) is 0 Å². The minimum absolute atomic E-state index is 0.0419. The van der Waals surface area contributed by atoms with Crippen LogP contribution >= 0.6 is 0 Å². The molecule has 0 aliphatic rings. The number of hydrogen-bond donors (Lipinski definition) is 1. The molecule has 0 aromatic carbocycles. The first-order chi connectivity index (χ1) is 4.95. The van der Waals surface area contributed by atoms with E-state index in [1.807, 2.05) is 0 Å². The largest absolute Gasteiger partial charge is 0.478 e. The normalized spacial score (nSPS) is 11.9. The van der Waals surface area contributed by atoms with E-state index in [1.54, 1.807) is 0 Å². The van der Waals surface area contributed by atoms with E-state index in [2.05, 4.69) is 4.74 Å². The van der Waals surface area contributed by atoms with Crippen LogP contribution in [0.2, 0.25) is 0 Å². The summed E-state index contributed by atoms with van der Waals surface area (Å²) >= 11 is 0. The van der Waals surface area contributed by atoms with E-state index in [0.717, 1.165) is 0 Å². The lowest BCUT2D eigenvalue weighted by Crippen LogP contribution is -2.04. The molecule has 0 aromatic heterocycles. The highest BCUT2D eigenvalue weighted by Gasteiger charge is 2.07. The number of esters is 1. The van der Waals surface area contributed by atoms with E-state index in [0.29, 0.717) is 0 Å². The predicted octanol–water partition coefficient (Wildman–Crippen LogP) is 0.928. The van der Waals surface area contributed by atoms with Gasteiger partial charge >= 0.3 is 11.9 Å². The summed E-state index contributed by atoms with van der Waals surface area (Å²) in [5, 5.41) is 8.42. The van der Waals surface area contributed by atoms with Crippen molar-refractivity contribution in [1.29, 1.82) is 0 Å². The summed E-state index contributed by atoms with van der Waals surface area (Å²) in [4.78, 5) is 20.6. The highest BCUT2D eigenvalue weighted by Crippen LogP contribution is 2.04. The fraction of sp³-hybridized carbons (Fsp3) is 0.429. The molecule has 0 rings (SSSR count). The Morgan fingerprint density at radius 2 is 1.64 bits per heavy atom. The van der Waals surface area contributed by atoms with Crippen LogP contribution in [0.4, 0.5) is 0 Å². The van der Waals surface area contributed by atoms with Gasteiger partial charge in [0.05, 0.1) is 5.57 Å². The van der Waals surface area contributed by atoms with Crippen molar-refractivity contribution in [3.63, 3.8) is 0 Å². The van der Waals surface area contributed by atoms with Gasteiger partial charge in [-0.15, -0.1) is 0 Å². The van der Waals surface area contributed by atoms with Gasteiger partial charge in [-0.3, -0.25) is 4.79 Å². The van der Waals surface area contributed by atoms with Crippen LogP contribution in [0.3, 0.4) is 0 Å². The van der Waals surface area contributed by atoms with Crippen LogP contribution in [0, 0.1) is 0 Å². The first-order valence-corrected chi connectivity index (χ1v) is 3.04. The number of allylic oxidation sites excluding steroid dienone is 1. The highest BCUT2D eigenvalue weighted by atomic mass is 16.5. The topological polar surface area (TPSA) is 63.6 Å². The van der Waals surface area contributed by atoms with E-state index < -0.39 is 11.9 Å². The maximum Gasteiger partial charge on any atom is 0.334 e. The number of carbonyl (C=O) groups excluding carboxylic acids is 1. The molecule has 62 valence electrons. The molecule has 4 heteroatoms. The highest BCUT2D eigenvalue weighted by molar-refractivity contribution is 5.86. The molecule has 0 heterocycles. The summed E-state index contributed by atoms with van der Waals surface area (Å²) in [6.07, 6.45) is 0. The van der Waals surface area contributed by atoms with Gasteiger partial charge < -0.3 is 9.84 Å². The van der Waals surface area contributed by atoms with Crippen molar-refractivity contribution in [1.82, 2.24) is 0 Å². The summed E-state index contributed by atoms with van der Waals surface area (Å²) in [6.45, 7) is 4.03. The van der Waals surface area contributed by atoms with Gasteiger partial charge in [0.15, 0.2) is 0 Å². The first kappa shape index (κ1) is 9.68. The second-order valence-corrected chi connectivity index (χ2v) is 2.08. The van der Waals surface area contributed by atoms with Crippen LogP contribution in [0.5, 0.6) is 0 Å². The van der Waals surface area contributed by atoms with Crippen molar-refractivity contribution in [3.05, 3.63) is 11.3 Å². The minimum Gasteiger partial charge on any atom is -0.478 e. The zero-order chi connectivity index (χ0) is 9.02. The van der Waals surface area contributed by atoms with E-state index in [-0.39, 0.29) is 11.3 Å². The maximum atomic E-state index is 10.3. The Balaban J connectivity index is 4.40. The average molecular weight is 158 g/mol. The molecule has 11 heavy (non-hydrogen) atoms. The molecule has 0 atom stereocenters. The molecule has 0 fully saturated rings. The Kier molecular flexibility index (Phi) is 3.30. The Morgan fingerprint density at radius 3 is 1.91 bits per heavy atom. The number of carboxylic acids is 1. The van der Waals surface area contributed by atoms with Crippen molar-refractivity contribution in [2.45, 2.75) is 20.8 Å². The molecule has 0 spiro atoms. The smallest absolute Gasteiger partial charge is 0.334 e. The second-order valence-electron chi connectivity index (χ2n) is 2.08. The molecular weight excluding hydrogens is 148 g/mol. The Hall–Kier alpha value is -1.32. The van der Waals surface area contributed by atoms with Crippen molar-refractivity contribution in [3.8, 4) is 0 Å². The zero-order valence-corrected chi connectivity index (χ0v) is 6.67. The van der Waals surface area contributed by atoms with Gasteiger partial charge in [0, 0.05) is 6.92 Å². The summed E-state index contributed by atoms with van der Waals surface area (Å²) in [6, 6.07) is 0. The molecule has 0 aliphatic carbocycles. The quantitative estimate of drug-likeness (QED) is 0.369. The fourth-order valence-electron chi connectivity index (χ4n) is 0.443. The molecule has 0 saturated carbocycles. The predicted molar refractivity (Wildman–Crippen MR) is 37.8 cm³/mol. The Bertz CT molecular complexity index is 214. The third-order valence-corrected chi connectivity index (χ3v) is 1.15. The zero-order valence-electron chi connectivity index (χ0n) is 6.67. The van der Waals surface area contributed by atoms with E-state index in [1.165, 1.54) is 20.8 Å². The maximum absolute atomic E-state index is 10.3. The second kappa shape index (κ2) is 3.75. The first-order valence-electron chi connectivity index (χ1n) is 3.04. The fourth-order valence-corrected chi connectivity index (χ4v) is 0.443. The van der Waals surface area contributed by atoms with Crippen LogP contribution in [0.25, 0.3) is 0 Å². The van der Waals surface area contributed by atoms with E-state index in [4.69, 9.17) is 5.11 Å². The van der Waals surface area contributed by atoms with Gasteiger partial charge in [-0.2, -0.15) is 0 Å². The van der Waals surface area contributed by atoms with Crippen molar-refractivity contribution >= 4 is 11.9 Å². The van der Waals surface area contributed by atoms with E-state index in [9.17, 15) is 9.59 Å². The lowest BCUT2D eigenvalue weighted by molar-refractivity contribution is -0.137. The molecule has 1 N–H and O–H groups in total. The van der Waals surface area contributed by atoms with Crippen LogP contribution in [-0.4, -0.2) is 17.0 Å². The van der Waals surface area contributed by atoms with Crippen LogP contribution in [-0.2, 0) is 14.3 Å². The number of carbonyl (C=O) groups is 2. The van der Waals surface area contributed by atoms with Crippen molar-refractivity contribution < 1.29 is 19.4 Å². The summed E-state index contributed by atoms with van der Waals surface area (Å²) in [5.41, 5.74) is 0.0419. The van der Waals surface area contributed by atoms with Gasteiger partial charge in [-0.05, 0) is 13.8 Å². The molecule has 0 aromatic rings. The van der Waals surface area contributed by atoms with Crippen molar-refractivity contribution in [2.75, 3.05) is 0 Å². The van der Waals surface area contributed by atoms with E-state index >= 15 is 0 Å². The van der Waals surface area contributed by atoms with Crippen molar-refractivity contribution in [2.24, 2.45) is 0 Å². The van der Waals surface area contributed by atoms with Gasteiger partial charge in [0.2, 0.25) is 0 Å². The average Bonchev–Trinajstić information content (AvgIpc) is 1.84. The molecule has 0 amide bonds. The molecule has 0 unspecified atom stereocenters. The van der Waals surface area contributed by atoms with Crippen LogP contribution in [0.1, 0.15) is 20.8 Å². The molecular formula is C7H10O4. The van der Waals surface area contributed by atoms with Crippen LogP contribution < -0.4 is 0 Å². The Labute approximate surface area is 64.5 Å². The SMILES string of the molecule is CC(=O)O/C(C)=C(/C)C(=O)O. The van der Waals surface area contributed by atoms with Gasteiger partial charge in [-0.25, -0.2) is 4.79 Å². The summed E-state index contributed by atoms with van der Waals surface area (Å²) in [7, 11) is 0. The summed E-state index contributed by atoms with van der Waals surface area (Å²) in [5.74, 6) is -1.46. The number of hydrogen-bond acceptors (Lipinski definition) is 3. The lowest BCUT2D eigenvalue weighted by Gasteiger charge is -2.01. The number of carboxylic acid groups (broad SMARTS) is 1. The lowest BCUT2D eigenvalue weighted by atomic mass is 10.3. The minimum atomic E-state index is -1.08. The van der Waals surface area contributed by atoms with Gasteiger partial charge in [0.25, 0.3) is 0 Å². The molecule has 0 saturated heterocycles. The Morgan fingerprint density at radius 1 is 1.18 bits per heavy atom. The molecule has 0 radical (unpaired) electrons. The monoisotopic (exact) mass is 158 g/mol. The van der Waals surface area contributed by atoms with Gasteiger partial charge in [0.1, 0.15) is 5.76 Å². The number of rotatable bonds is 2. The third kappa shape index (κ3) is 3.40. The third-order valence-electron chi connectivity index (χ3n) is 1.15. The molecule has 0 bridgehead atoms. The molecule has 0 aliphatic heterocycles. The number of ether oxygens (including phenoxy) is 1. The summed E-state index contributed by atoms with van der Waals surface area (Å²) < 4.78 is 4.53. The van der Waals surface area contributed by atoms with Crippen LogP contribution in [0.15, 0.2) is 11.3 Å². The molecule has 4 nitrogen and oxygen atoms in total. The number of aliphatic carboxylic acids is 1.